The SMILES string of the molecule is C=C(c1ccc(O)c(C(C)C)c1)N1Cc2ccc(OCCN)cc2C1. The van der Waals surface area contributed by atoms with Gasteiger partial charge < -0.3 is 20.5 Å². The number of ether oxygens (including phenoxy) is 1. The lowest BCUT2D eigenvalue weighted by Crippen LogP contribution is -2.14. The zero-order valence-corrected chi connectivity index (χ0v) is 15.0. The number of aromatic hydroxyl groups is 1. The van der Waals surface area contributed by atoms with Gasteiger partial charge in [0.25, 0.3) is 0 Å². The molecule has 3 rings (SSSR count). The highest BCUT2D eigenvalue weighted by Crippen LogP contribution is 2.34. The van der Waals surface area contributed by atoms with E-state index in [-0.39, 0.29) is 5.92 Å². The molecule has 0 aromatic heterocycles. The van der Waals surface area contributed by atoms with Crippen molar-refractivity contribution in [3.63, 3.8) is 0 Å². The Labute approximate surface area is 149 Å². The van der Waals surface area contributed by atoms with Crippen molar-refractivity contribution in [1.82, 2.24) is 4.90 Å². The summed E-state index contributed by atoms with van der Waals surface area (Å²) in [6.07, 6.45) is 0. The summed E-state index contributed by atoms with van der Waals surface area (Å²) in [6.45, 7) is 11.1. The maximum atomic E-state index is 10.0. The number of phenolic OH excluding ortho intramolecular Hbond substituents is 1. The molecule has 0 fully saturated rings. The Morgan fingerprint density at radius 3 is 2.68 bits per heavy atom. The lowest BCUT2D eigenvalue weighted by atomic mass is 9.98. The summed E-state index contributed by atoms with van der Waals surface area (Å²) in [5, 5.41) is 10.0. The van der Waals surface area contributed by atoms with E-state index in [2.05, 4.69) is 37.5 Å². The Balaban J connectivity index is 1.77. The van der Waals surface area contributed by atoms with E-state index in [1.807, 2.05) is 18.2 Å². The third-order valence-electron chi connectivity index (χ3n) is 4.65. The average molecular weight is 338 g/mol. The number of phenols is 1. The van der Waals surface area contributed by atoms with Gasteiger partial charge in [-0.25, -0.2) is 0 Å². The number of nitrogens with zero attached hydrogens (tertiary/aromatic N) is 1. The van der Waals surface area contributed by atoms with Gasteiger partial charge in [-0.15, -0.1) is 0 Å². The first-order valence-corrected chi connectivity index (χ1v) is 8.71. The van der Waals surface area contributed by atoms with Gasteiger partial charge in [-0.1, -0.05) is 26.5 Å². The van der Waals surface area contributed by atoms with Crippen LogP contribution in [0.15, 0.2) is 43.0 Å². The molecule has 4 nitrogen and oxygen atoms in total. The number of benzene rings is 2. The molecule has 0 saturated carbocycles. The molecule has 1 heterocycles. The molecule has 4 heteroatoms. The number of fused-ring (bicyclic) bond motifs is 1. The minimum atomic E-state index is 0.269. The highest BCUT2D eigenvalue weighted by molar-refractivity contribution is 5.65. The fourth-order valence-corrected chi connectivity index (χ4v) is 3.21. The molecule has 1 aliphatic rings. The van der Waals surface area contributed by atoms with E-state index in [1.165, 1.54) is 11.1 Å². The quantitative estimate of drug-likeness (QED) is 0.840. The maximum absolute atomic E-state index is 10.0. The predicted octanol–water partition coefficient (Wildman–Crippen LogP) is 3.84. The Bertz CT molecular complexity index is 783. The maximum Gasteiger partial charge on any atom is 0.119 e. The van der Waals surface area contributed by atoms with Crippen LogP contribution in [0.25, 0.3) is 5.70 Å². The Morgan fingerprint density at radius 2 is 1.96 bits per heavy atom. The van der Waals surface area contributed by atoms with Crippen molar-refractivity contribution in [3.05, 3.63) is 65.2 Å². The second-order valence-corrected chi connectivity index (χ2v) is 6.80. The van der Waals surface area contributed by atoms with E-state index in [9.17, 15) is 5.11 Å². The zero-order valence-electron chi connectivity index (χ0n) is 15.0. The molecule has 0 bridgehead atoms. The van der Waals surface area contributed by atoms with Gasteiger partial charge in [-0.3, -0.25) is 0 Å². The van der Waals surface area contributed by atoms with Crippen molar-refractivity contribution in [2.45, 2.75) is 32.9 Å². The fraction of sp³-hybridized carbons (Fsp3) is 0.333. The highest BCUT2D eigenvalue weighted by atomic mass is 16.5. The van der Waals surface area contributed by atoms with E-state index in [1.54, 1.807) is 6.07 Å². The first kappa shape index (κ1) is 17.4. The molecule has 0 amide bonds. The molecule has 2 aromatic carbocycles. The van der Waals surface area contributed by atoms with Gasteiger partial charge in [-0.05, 0) is 58.5 Å². The van der Waals surface area contributed by atoms with Gasteiger partial charge in [0, 0.05) is 25.3 Å². The normalized spacial score (nSPS) is 13.2. The smallest absolute Gasteiger partial charge is 0.119 e. The van der Waals surface area contributed by atoms with Crippen LogP contribution >= 0.6 is 0 Å². The van der Waals surface area contributed by atoms with Crippen molar-refractivity contribution < 1.29 is 9.84 Å². The molecule has 0 aliphatic carbocycles. The van der Waals surface area contributed by atoms with Crippen molar-refractivity contribution in [3.8, 4) is 11.5 Å². The fourth-order valence-electron chi connectivity index (χ4n) is 3.21. The van der Waals surface area contributed by atoms with E-state index in [0.717, 1.165) is 35.7 Å². The van der Waals surface area contributed by atoms with E-state index >= 15 is 0 Å². The summed E-state index contributed by atoms with van der Waals surface area (Å²) >= 11 is 0. The summed E-state index contributed by atoms with van der Waals surface area (Å²) in [4.78, 5) is 2.26. The molecule has 1 aliphatic heterocycles. The van der Waals surface area contributed by atoms with E-state index in [4.69, 9.17) is 10.5 Å². The minimum absolute atomic E-state index is 0.269. The topological polar surface area (TPSA) is 58.7 Å². The van der Waals surface area contributed by atoms with Gasteiger partial charge in [0.15, 0.2) is 0 Å². The van der Waals surface area contributed by atoms with Crippen LogP contribution in [0, 0.1) is 0 Å². The number of hydrogen-bond donors (Lipinski definition) is 2. The van der Waals surface area contributed by atoms with Crippen LogP contribution in [0.1, 0.15) is 42.0 Å². The minimum Gasteiger partial charge on any atom is -0.508 e. The number of hydrogen-bond acceptors (Lipinski definition) is 4. The number of rotatable bonds is 6. The molecule has 132 valence electrons. The molecule has 0 saturated heterocycles. The van der Waals surface area contributed by atoms with E-state index < -0.39 is 0 Å². The lowest BCUT2D eigenvalue weighted by molar-refractivity contribution is 0.328. The molecular formula is C21H26N2O2. The molecule has 3 N–H and O–H groups in total. The molecule has 2 aromatic rings. The lowest BCUT2D eigenvalue weighted by Gasteiger charge is -2.22. The Hall–Kier alpha value is -2.46. The molecule has 0 atom stereocenters. The number of nitrogens with two attached hydrogens (primary N) is 1. The summed E-state index contributed by atoms with van der Waals surface area (Å²) in [7, 11) is 0. The van der Waals surface area contributed by atoms with Crippen LogP contribution in [0.4, 0.5) is 0 Å². The molecule has 0 spiro atoms. The van der Waals surface area contributed by atoms with Gasteiger partial charge in [0.05, 0.1) is 0 Å². The standard InChI is InChI=1S/C21H26N2O2/c1-14(2)20-11-16(5-7-21(20)24)15(3)23-12-17-4-6-19(25-9-8-22)10-18(17)13-23/h4-7,10-11,14,24H,3,8-9,12-13,22H2,1-2H3. The first-order chi connectivity index (χ1) is 12.0. The largest absolute Gasteiger partial charge is 0.508 e. The van der Waals surface area contributed by atoms with Gasteiger partial charge in [0.1, 0.15) is 18.1 Å². The molecule has 0 radical (unpaired) electrons. The third kappa shape index (κ3) is 3.64. The van der Waals surface area contributed by atoms with Gasteiger partial charge >= 0.3 is 0 Å². The van der Waals surface area contributed by atoms with Crippen LogP contribution in [0.3, 0.4) is 0 Å². The monoisotopic (exact) mass is 338 g/mol. The van der Waals surface area contributed by atoms with Gasteiger partial charge in [-0.2, -0.15) is 0 Å². The van der Waals surface area contributed by atoms with Crippen LogP contribution < -0.4 is 10.5 Å². The first-order valence-electron chi connectivity index (χ1n) is 8.71. The van der Waals surface area contributed by atoms with Crippen molar-refractivity contribution in [2.24, 2.45) is 5.73 Å². The third-order valence-corrected chi connectivity index (χ3v) is 4.65. The van der Waals surface area contributed by atoms with Crippen LogP contribution in [-0.4, -0.2) is 23.2 Å². The molecule has 25 heavy (non-hydrogen) atoms. The second-order valence-electron chi connectivity index (χ2n) is 6.80. The summed E-state index contributed by atoms with van der Waals surface area (Å²) in [5.41, 5.74) is 11.0. The summed E-state index contributed by atoms with van der Waals surface area (Å²) in [6, 6.07) is 11.9. The van der Waals surface area contributed by atoms with Crippen molar-refractivity contribution >= 4 is 5.70 Å². The second kappa shape index (κ2) is 7.19. The van der Waals surface area contributed by atoms with Crippen LogP contribution in [0.2, 0.25) is 0 Å². The zero-order chi connectivity index (χ0) is 18.0. The predicted molar refractivity (Wildman–Crippen MR) is 101 cm³/mol. The van der Waals surface area contributed by atoms with Crippen molar-refractivity contribution in [1.29, 1.82) is 0 Å². The molecular weight excluding hydrogens is 312 g/mol. The highest BCUT2D eigenvalue weighted by Gasteiger charge is 2.22. The van der Waals surface area contributed by atoms with Gasteiger partial charge in [0.2, 0.25) is 0 Å². The molecule has 0 unspecified atom stereocenters. The van der Waals surface area contributed by atoms with Crippen LogP contribution in [0.5, 0.6) is 11.5 Å². The van der Waals surface area contributed by atoms with Crippen LogP contribution in [-0.2, 0) is 13.1 Å². The summed E-state index contributed by atoms with van der Waals surface area (Å²) < 4.78 is 5.62. The summed E-state index contributed by atoms with van der Waals surface area (Å²) in [5.74, 6) is 1.48. The van der Waals surface area contributed by atoms with Crippen molar-refractivity contribution in [2.75, 3.05) is 13.2 Å². The Kier molecular flexibility index (Phi) is 5.00. The Morgan fingerprint density at radius 1 is 1.20 bits per heavy atom. The van der Waals surface area contributed by atoms with E-state index in [0.29, 0.717) is 18.9 Å². The average Bonchev–Trinajstić information content (AvgIpc) is 3.02.